The van der Waals surface area contributed by atoms with Crippen molar-refractivity contribution in [2.45, 2.75) is 126 Å². The number of carboxylic acid groups (broad SMARTS) is 1. The average Bonchev–Trinajstić information content (AvgIpc) is 2.95. The van der Waals surface area contributed by atoms with E-state index in [2.05, 4.69) is 53.7 Å². The Labute approximate surface area is 254 Å². The highest BCUT2D eigenvalue weighted by Crippen LogP contribution is 2.75. The maximum Gasteiger partial charge on any atom is 0.309 e. The number of carbonyl (C=O) groups excluding carboxylic acids is 1. The molecule has 0 saturated heterocycles. The molecule has 0 aromatic rings. The highest BCUT2D eigenvalue weighted by molar-refractivity contribution is 6.06. The molecule has 3 fully saturated rings. The van der Waals surface area contributed by atoms with E-state index in [0.717, 1.165) is 69.3 Å². The first kappa shape index (κ1) is 32.8. The van der Waals surface area contributed by atoms with Gasteiger partial charge in [0.15, 0.2) is 5.76 Å². The number of ketones is 1. The number of allylic oxidation sites excluding steroid dienone is 7. The molecule has 2 N–H and O–H groups in total. The lowest BCUT2D eigenvalue weighted by Gasteiger charge is -2.70. The number of aliphatic hydroxyl groups is 1. The SMILES string of the molecule is CC1=C(O)C(=O)C=C2C1=CC=C1[C@@]2(C)CC[C@@]2(C)[C@@H]3C[C@](C)(C(=O)O)CC[C@]3(C)CC[C@]12C.CCCCOCCCC. The summed E-state index contributed by atoms with van der Waals surface area (Å²) in [7, 11) is 0. The topological polar surface area (TPSA) is 83.8 Å². The molecule has 0 heterocycles. The second-order valence-corrected chi connectivity index (χ2v) is 15.2. The molecule has 5 nitrogen and oxygen atoms in total. The second kappa shape index (κ2) is 11.7. The van der Waals surface area contributed by atoms with Crippen LogP contribution in [0.2, 0.25) is 0 Å². The molecule has 0 bridgehead atoms. The van der Waals surface area contributed by atoms with Gasteiger partial charge in [-0.15, -0.1) is 0 Å². The van der Waals surface area contributed by atoms with E-state index in [4.69, 9.17) is 4.74 Å². The van der Waals surface area contributed by atoms with Gasteiger partial charge < -0.3 is 14.9 Å². The Morgan fingerprint density at radius 2 is 1.55 bits per heavy atom. The maximum atomic E-state index is 12.6. The fourth-order valence-corrected chi connectivity index (χ4v) is 9.25. The Bertz CT molecular complexity index is 1210. The van der Waals surface area contributed by atoms with E-state index >= 15 is 0 Å². The smallest absolute Gasteiger partial charge is 0.309 e. The van der Waals surface area contributed by atoms with Gasteiger partial charge in [-0.05, 0) is 111 Å². The van der Waals surface area contributed by atoms with Gasteiger partial charge in [-0.3, -0.25) is 9.59 Å². The van der Waals surface area contributed by atoms with Crippen LogP contribution in [0.25, 0.3) is 0 Å². The number of rotatable bonds is 7. The lowest BCUT2D eigenvalue weighted by Crippen LogP contribution is -2.62. The number of unbranched alkanes of at least 4 members (excludes halogenated alkanes) is 2. The Morgan fingerprint density at radius 3 is 2.14 bits per heavy atom. The van der Waals surface area contributed by atoms with Gasteiger partial charge in [0.25, 0.3) is 0 Å². The van der Waals surface area contributed by atoms with Crippen molar-refractivity contribution in [3.8, 4) is 0 Å². The lowest BCUT2D eigenvalue weighted by molar-refractivity contribution is -0.178. The summed E-state index contributed by atoms with van der Waals surface area (Å²) in [4.78, 5) is 24.8. The summed E-state index contributed by atoms with van der Waals surface area (Å²) >= 11 is 0. The van der Waals surface area contributed by atoms with Crippen LogP contribution in [0.3, 0.4) is 0 Å². The summed E-state index contributed by atoms with van der Waals surface area (Å²) in [6, 6.07) is 0. The molecule has 0 aromatic carbocycles. The van der Waals surface area contributed by atoms with Crippen molar-refractivity contribution in [3.63, 3.8) is 0 Å². The minimum absolute atomic E-state index is 0.0000746. The van der Waals surface area contributed by atoms with Crippen molar-refractivity contribution >= 4 is 11.8 Å². The van der Waals surface area contributed by atoms with Crippen LogP contribution in [-0.2, 0) is 14.3 Å². The minimum Gasteiger partial charge on any atom is -0.504 e. The number of carboxylic acids is 1. The van der Waals surface area contributed by atoms with E-state index < -0.39 is 11.4 Å². The minimum atomic E-state index is -0.655. The predicted molar refractivity (Wildman–Crippen MR) is 169 cm³/mol. The van der Waals surface area contributed by atoms with Crippen LogP contribution in [0.1, 0.15) is 126 Å². The zero-order chi connectivity index (χ0) is 31.1. The molecule has 5 heteroatoms. The molecular formula is C37H56O5. The van der Waals surface area contributed by atoms with Crippen molar-refractivity contribution in [3.05, 3.63) is 46.3 Å². The Balaban J connectivity index is 0.000000392. The third-order valence-corrected chi connectivity index (χ3v) is 12.7. The van der Waals surface area contributed by atoms with Gasteiger partial charge in [-0.2, -0.15) is 0 Å². The number of aliphatic carboxylic acids is 1. The monoisotopic (exact) mass is 580 g/mol. The van der Waals surface area contributed by atoms with Crippen molar-refractivity contribution < 1.29 is 24.5 Å². The number of carbonyl (C=O) groups is 2. The summed E-state index contributed by atoms with van der Waals surface area (Å²) in [5, 5.41) is 20.3. The highest BCUT2D eigenvalue weighted by atomic mass is 16.5. The Hall–Kier alpha value is -2.14. The lowest BCUT2D eigenvalue weighted by atomic mass is 9.34. The van der Waals surface area contributed by atoms with Gasteiger partial charge in [-0.25, -0.2) is 0 Å². The van der Waals surface area contributed by atoms with E-state index in [1.165, 1.54) is 31.3 Å². The number of fused-ring (bicyclic) bond motifs is 7. The van der Waals surface area contributed by atoms with E-state index in [0.29, 0.717) is 11.5 Å². The summed E-state index contributed by atoms with van der Waals surface area (Å²) in [5.74, 6) is -0.734. The molecule has 3 saturated carbocycles. The van der Waals surface area contributed by atoms with Crippen molar-refractivity contribution in [1.82, 2.24) is 0 Å². The van der Waals surface area contributed by atoms with E-state index in [9.17, 15) is 19.8 Å². The molecule has 0 unspecified atom stereocenters. The number of hydrogen-bond donors (Lipinski definition) is 2. The molecule has 0 radical (unpaired) electrons. The first-order valence-corrected chi connectivity index (χ1v) is 16.5. The van der Waals surface area contributed by atoms with Crippen molar-refractivity contribution in [2.24, 2.45) is 33.0 Å². The molecule has 5 aliphatic rings. The number of hydrogen-bond acceptors (Lipinski definition) is 4. The standard InChI is InChI=1S/C29H38O4.C8H18O/c1-17-18-7-8-21-27(4,19(18)15-20(30)23(17)31)12-14-29(6)22-16-26(3,24(32)33)10-9-25(22,2)11-13-28(21,29)5;1-3-5-7-9-8-6-4-2/h7-8,15,22,31H,9-14,16H2,1-6H3,(H,32,33);3-8H2,1-2H3/t22-,25-,26-,27+,28-,29+;/m1./s1. The fourth-order valence-electron chi connectivity index (χ4n) is 9.25. The van der Waals surface area contributed by atoms with Gasteiger partial charge in [0.2, 0.25) is 5.78 Å². The van der Waals surface area contributed by atoms with E-state index in [1.54, 1.807) is 6.08 Å². The first-order chi connectivity index (χ1) is 19.6. The van der Waals surface area contributed by atoms with Crippen LogP contribution in [0.4, 0.5) is 0 Å². The van der Waals surface area contributed by atoms with Gasteiger partial charge in [0, 0.05) is 24.2 Å². The summed E-state index contributed by atoms with van der Waals surface area (Å²) in [6.45, 7) is 19.6. The largest absolute Gasteiger partial charge is 0.504 e. The van der Waals surface area contributed by atoms with Gasteiger partial charge in [0.1, 0.15) is 0 Å². The molecule has 42 heavy (non-hydrogen) atoms. The van der Waals surface area contributed by atoms with E-state index in [1.807, 2.05) is 13.8 Å². The zero-order valence-electron chi connectivity index (χ0n) is 27.6. The van der Waals surface area contributed by atoms with Gasteiger partial charge >= 0.3 is 5.97 Å². The predicted octanol–water partition coefficient (Wildman–Crippen LogP) is 9.30. The molecule has 5 rings (SSSR count). The van der Waals surface area contributed by atoms with Gasteiger partial charge in [0.05, 0.1) is 5.41 Å². The number of aliphatic hydroxyl groups excluding tert-OH is 1. The molecule has 234 valence electrons. The summed E-state index contributed by atoms with van der Waals surface area (Å²) in [5.41, 5.74) is 3.33. The maximum absolute atomic E-state index is 12.6. The Kier molecular flexibility index (Phi) is 9.16. The molecule has 0 aromatic heterocycles. The molecule has 5 aliphatic carbocycles. The van der Waals surface area contributed by atoms with Crippen LogP contribution < -0.4 is 0 Å². The zero-order valence-corrected chi connectivity index (χ0v) is 27.6. The second-order valence-electron chi connectivity index (χ2n) is 15.2. The van der Waals surface area contributed by atoms with Crippen LogP contribution in [0, 0.1) is 33.0 Å². The highest BCUT2D eigenvalue weighted by Gasteiger charge is 2.67. The van der Waals surface area contributed by atoms with Crippen LogP contribution in [-0.4, -0.2) is 35.2 Å². The molecule has 0 aliphatic heterocycles. The summed E-state index contributed by atoms with van der Waals surface area (Å²) in [6.07, 6.45) is 17.6. The third-order valence-electron chi connectivity index (χ3n) is 12.7. The quantitative estimate of drug-likeness (QED) is 0.293. The molecule has 6 atom stereocenters. The summed E-state index contributed by atoms with van der Waals surface area (Å²) < 4.78 is 5.31. The van der Waals surface area contributed by atoms with Crippen LogP contribution >= 0.6 is 0 Å². The third kappa shape index (κ3) is 5.16. The average molecular weight is 581 g/mol. The van der Waals surface area contributed by atoms with Crippen molar-refractivity contribution in [1.29, 1.82) is 0 Å². The fraction of sp³-hybridized carbons (Fsp3) is 0.730. The molecular weight excluding hydrogens is 524 g/mol. The first-order valence-electron chi connectivity index (χ1n) is 16.5. The van der Waals surface area contributed by atoms with Gasteiger partial charge in [-0.1, -0.05) is 72.1 Å². The number of ether oxygens (including phenoxy) is 1. The van der Waals surface area contributed by atoms with Crippen LogP contribution in [0.5, 0.6) is 0 Å². The van der Waals surface area contributed by atoms with E-state index in [-0.39, 0.29) is 33.2 Å². The Morgan fingerprint density at radius 1 is 0.929 bits per heavy atom. The van der Waals surface area contributed by atoms with Crippen molar-refractivity contribution in [2.75, 3.05) is 13.2 Å². The van der Waals surface area contributed by atoms with Crippen LogP contribution in [0.15, 0.2) is 46.3 Å². The normalized spacial score (nSPS) is 38.9. The molecule has 0 spiro atoms. The molecule has 0 amide bonds.